The summed E-state index contributed by atoms with van der Waals surface area (Å²) in [5.74, 6) is -0.0112. The quantitative estimate of drug-likeness (QED) is 0.831. The molecule has 6 nitrogen and oxygen atoms in total. The Morgan fingerprint density at radius 3 is 2.44 bits per heavy atom. The molecule has 0 amide bonds. The average Bonchev–Trinajstić information content (AvgIpc) is 2.87. The Kier molecular flexibility index (Phi) is 5.21. The number of hydrogen-bond donors (Lipinski definition) is 1. The number of hydrogen-bond acceptors (Lipinski definition) is 5. The fraction of sp³-hybridized carbons (Fsp3) is 0.625. The van der Waals surface area contributed by atoms with Gasteiger partial charge in [0.2, 0.25) is 10.0 Å². The van der Waals surface area contributed by atoms with E-state index in [1.165, 1.54) is 12.1 Å². The smallest absolute Gasteiger partial charge is 0.241 e. The van der Waals surface area contributed by atoms with Crippen molar-refractivity contribution in [3.8, 4) is 0 Å². The second-order valence-electron chi connectivity index (χ2n) is 6.90. The maximum absolute atomic E-state index is 13.2. The third-order valence-corrected chi connectivity index (χ3v) is 8.43. The molecule has 3 rings (SSSR count). The number of halogens is 1. The summed E-state index contributed by atoms with van der Waals surface area (Å²) in [6.07, 6.45) is 1.93. The van der Waals surface area contributed by atoms with Gasteiger partial charge in [-0.2, -0.15) is 0 Å². The van der Waals surface area contributed by atoms with Gasteiger partial charge in [0.25, 0.3) is 0 Å². The highest BCUT2D eigenvalue weighted by atomic mass is 32.2. The first-order valence-corrected chi connectivity index (χ1v) is 11.7. The highest BCUT2D eigenvalue weighted by molar-refractivity contribution is 7.91. The van der Waals surface area contributed by atoms with Gasteiger partial charge in [-0.15, -0.1) is 0 Å². The zero-order valence-electron chi connectivity index (χ0n) is 14.1. The van der Waals surface area contributed by atoms with Gasteiger partial charge in [0.1, 0.15) is 5.82 Å². The van der Waals surface area contributed by atoms with E-state index in [2.05, 4.69) is 9.62 Å². The van der Waals surface area contributed by atoms with E-state index in [-0.39, 0.29) is 28.5 Å². The SMILES string of the molecule is Cc1cc(F)ccc1S(=O)(=O)NC1CCN([C@@H]2CCS(=O)(=O)C2)CC1. The van der Waals surface area contributed by atoms with Gasteiger partial charge >= 0.3 is 0 Å². The lowest BCUT2D eigenvalue weighted by Gasteiger charge is -2.35. The Bertz CT molecular complexity index is 847. The van der Waals surface area contributed by atoms with Gasteiger partial charge in [-0.3, -0.25) is 4.90 Å². The van der Waals surface area contributed by atoms with Gasteiger partial charge in [0, 0.05) is 12.1 Å². The highest BCUT2D eigenvalue weighted by Gasteiger charge is 2.34. The molecule has 0 spiro atoms. The van der Waals surface area contributed by atoms with Crippen LogP contribution in [0.4, 0.5) is 4.39 Å². The fourth-order valence-electron chi connectivity index (χ4n) is 3.64. The number of sulfonamides is 1. The first-order valence-electron chi connectivity index (χ1n) is 8.39. The summed E-state index contributed by atoms with van der Waals surface area (Å²) in [7, 11) is -6.61. The minimum absolute atomic E-state index is 0.0573. The molecule has 2 aliphatic heterocycles. The van der Waals surface area contributed by atoms with Crippen LogP contribution in [0.25, 0.3) is 0 Å². The Hall–Kier alpha value is -1.03. The van der Waals surface area contributed by atoms with Crippen molar-refractivity contribution in [3.05, 3.63) is 29.6 Å². The first kappa shape index (κ1) is 18.8. The standard InChI is InChI=1S/C16H23FN2O4S2/c1-12-10-13(17)2-3-16(12)25(22,23)18-14-4-7-19(8-5-14)15-6-9-24(20,21)11-15/h2-3,10,14-15,18H,4-9,11H2,1H3/t15-/m1/s1. The lowest BCUT2D eigenvalue weighted by Crippen LogP contribution is -2.48. The summed E-state index contributed by atoms with van der Waals surface area (Å²) in [6, 6.07) is 3.50. The summed E-state index contributed by atoms with van der Waals surface area (Å²) < 4.78 is 64.1. The van der Waals surface area contributed by atoms with Gasteiger partial charge < -0.3 is 0 Å². The van der Waals surface area contributed by atoms with Gasteiger partial charge in [-0.1, -0.05) is 0 Å². The number of rotatable bonds is 4. The Labute approximate surface area is 148 Å². The van der Waals surface area contributed by atoms with Crippen molar-refractivity contribution in [1.29, 1.82) is 0 Å². The third kappa shape index (κ3) is 4.39. The van der Waals surface area contributed by atoms with E-state index in [1.54, 1.807) is 6.92 Å². The maximum atomic E-state index is 13.2. The molecular weight excluding hydrogens is 367 g/mol. The van der Waals surface area contributed by atoms with Crippen LogP contribution in [0.1, 0.15) is 24.8 Å². The van der Waals surface area contributed by atoms with Crippen LogP contribution in [0.5, 0.6) is 0 Å². The number of aryl methyl sites for hydroxylation is 1. The third-order valence-electron chi connectivity index (χ3n) is 5.00. The molecule has 2 fully saturated rings. The first-order chi connectivity index (χ1) is 11.7. The van der Waals surface area contributed by atoms with Crippen LogP contribution in [0.3, 0.4) is 0 Å². The van der Waals surface area contributed by atoms with E-state index in [9.17, 15) is 21.2 Å². The van der Waals surface area contributed by atoms with E-state index < -0.39 is 25.7 Å². The van der Waals surface area contributed by atoms with Crippen LogP contribution in [-0.2, 0) is 19.9 Å². The molecule has 0 aromatic heterocycles. The van der Waals surface area contributed by atoms with Gasteiger partial charge in [-0.05, 0) is 63.0 Å². The minimum atomic E-state index is -3.69. The summed E-state index contributed by atoms with van der Waals surface area (Å²) in [5.41, 5.74) is 0.376. The topological polar surface area (TPSA) is 83.6 Å². The normalized spacial score (nSPS) is 25.3. The molecule has 2 saturated heterocycles. The highest BCUT2D eigenvalue weighted by Crippen LogP contribution is 2.23. The van der Waals surface area contributed by atoms with Crippen molar-refractivity contribution in [2.75, 3.05) is 24.6 Å². The second kappa shape index (κ2) is 6.94. The van der Waals surface area contributed by atoms with Gasteiger partial charge in [0.15, 0.2) is 9.84 Å². The predicted molar refractivity (Wildman–Crippen MR) is 93.1 cm³/mol. The molecular formula is C16H23FN2O4S2. The molecule has 9 heteroatoms. The second-order valence-corrected chi connectivity index (χ2v) is 10.8. The van der Waals surface area contributed by atoms with Crippen LogP contribution >= 0.6 is 0 Å². The number of sulfone groups is 1. The van der Waals surface area contributed by atoms with Crippen LogP contribution in [-0.4, -0.2) is 58.4 Å². The van der Waals surface area contributed by atoms with E-state index >= 15 is 0 Å². The van der Waals surface area contributed by atoms with Crippen molar-refractivity contribution < 1.29 is 21.2 Å². The van der Waals surface area contributed by atoms with Crippen molar-refractivity contribution in [3.63, 3.8) is 0 Å². The molecule has 0 aliphatic carbocycles. The summed E-state index contributed by atoms with van der Waals surface area (Å²) in [6.45, 7) is 2.92. The van der Waals surface area contributed by atoms with Gasteiger partial charge in [0.05, 0.1) is 16.4 Å². The molecule has 0 saturated carbocycles. The zero-order valence-corrected chi connectivity index (χ0v) is 15.7. The average molecular weight is 391 g/mol. The molecule has 1 N–H and O–H groups in total. The molecule has 0 radical (unpaired) electrons. The Morgan fingerprint density at radius 2 is 1.88 bits per heavy atom. The molecule has 1 aromatic rings. The maximum Gasteiger partial charge on any atom is 0.241 e. The molecule has 2 aliphatic rings. The van der Waals surface area contributed by atoms with Crippen LogP contribution in [0.15, 0.2) is 23.1 Å². The number of likely N-dealkylation sites (tertiary alicyclic amines) is 1. The largest absolute Gasteiger partial charge is 0.299 e. The van der Waals surface area contributed by atoms with Crippen LogP contribution in [0, 0.1) is 12.7 Å². The lowest BCUT2D eigenvalue weighted by molar-refractivity contribution is 0.161. The van der Waals surface area contributed by atoms with Crippen LogP contribution in [0.2, 0.25) is 0 Å². The van der Waals surface area contributed by atoms with E-state index in [0.29, 0.717) is 37.9 Å². The van der Waals surface area contributed by atoms with E-state index in [1.807, 2.05) is 0 Å². The zero-order chi connectivity index (χ0) is 18.2. The molecule has 140 valence electrons. The lowest BCUT2D eigenvalue weighted by atomic mass is 10.0. The number of nitrogens with one attached hydrogen (secondary N) is 1. The Balaban J connectivity index is 1.60. The molecule has 1 aromatic carbocycles. The van der Waals surface area contributed by atoms with Crippen LogP contribution < -0.4 is 4.72 Å². The van der Waals surface area contributed by atoms with Crippen molar-refractivity contribution in [1.82, 2.24) is 9.62 Å². The summed E-state index contributed by atoms with van der Waals surface area (Å²) in [4.78, 5) is 2.25. The monoisotopic (exact) mass is 390 g/mol. The molecule has 2 heterocycles. The summed E-state index contributed by atoms with van der Waals surface area (Å²) >= 11 is 0. The fourth-order valence-corrected chi connectivity index (χ4v) is 6.94. The molecule has 1 atom stereocenters. The van der Waals surface area contributed by atoms with E-state index in [4.69, 9.17) is 0 Å². The van der Waals surface area contributed by atoms with Crippen molar-refractivity contribution >= 4 is 19.9 Å². The Morgan fingerprint density at radius 1 is 1.20 bits per heavy atom. The molecule has 0 bridgehead atoms. The van der Waals surface area contributed by atoms with Crippen molar-refractivity contribution in [2.24, 2.45) is 0 Å². The number of nitrogens with zero attached hydrogens (tertiary/aromatic N) is 1. The number of piperidine rings is 1. The van der Waals surface area contributed by atoms with E-state index in [0.717, 1.165) is 6.07 Å². The molecule has 25 heavy (non-hydrogen) atoms. The van der Waals surface area contributed by atoms with Crippen molar-refractivity contribution in [2.45, 2.75) is 43.2 Å². The minimum Gasteiger partial charge on any atom is -0.299 e. The molecule has 0 unspecified atom stereocenters. The predicted octanol–water partition coefficient (Wildman–Crippen LogP) is 1.06. The number of benzene rings is 1. The summed E-state index contributed by atoms with van der Waals surface area (Å²) in [5, 5.41) is 0. The van der Waals surface area contributed by atoms with Gasteiger partial charge in [-0.25, -0.2) is 25.9 Å².